The molecule has 0 amide bonds. The molecular weight excluding hydrogens is 338 g/mol. The van der Waals surface area contributed by atoms with E-state index in [0.717, 1.165) is 29.7 Å². The lowest BCUT2D eigenvalue weighted by molar-refractivity contribution is 0.362. The van der Waals surface area contributed by atoms with Crippen LogP contribution in [0.4, 0.5) is 0 Å². The molecule has 0 spiro atoms. The largest absolute Gasteiger partial charge is 0.308 e. The maximum Gasteiger partial charge on any atom is 0.0713 e. The highest BCUT2D eigenvalue weighted by atomic mass is 79.9. The van der Waals surface area contributed by atoms with Gasteiger partial charge in [-0.25, -0.2) is 0 Å². The number of hydrogen-bond acceptors (Lipinski definition) is 5. The Kier molecular flexibility index (Phi) is 5.74. The van der Waals surface area contributed by atoms with E-state index in [-0.39, 0.29) is 6.04 Å². The third kappa shape index (κ3) is 3.89. The van der Waals surface area contributed by atoms with Crippen molar-refractivity contribution in [3.8, 4) is 0 Å². The normalized spacial score (nSPS) is 13.1. The molecule has 2 aromatic heterocycles. The monoisotopic (exact) mass is 357 g/mol. The van der Waals surface area contributed by atoms with Gasteiger partial charge < -0.3 is 4.90 Å². The Morgan fingerprint density at radius 2 is 2.35 bits per heavy atom. The summed E-state index contributed by atoms with van der Waals surface area (Å²) in [6.07, 6.45) is 2.69. The molecule has 110 valence electrons. The van der Waals surface area contributed by atoms with Gasteiger partial charge in [0.1, 0.15) is 0 Å². The van der Waals surface area contributed by atoms with Crippen molar-refractivity contribution in [2.45, 2.75) is 19.0 Å². The minimum Gasteiger partial charge on any atom is -0.308 e. The van der Waals surface area contributed by atoms with Crippen LogP contribution in [0.15, 0.2) is 27.5 Å². The Balaban J connectivity index is 2.17. The molecule has 5 nitrogen and oxygen atoms in total. The molecule has 0 aliphatic rings. The van der Waals surface area contributed by atoms with Gasteiger partial charge in [-0.05, 0) is 58.8 Å². The van der Waals surface area contributed by atoms with Crippen LogP contribution in [0.1, 0.15) is 17.3 Å². The van der Waals surface area contributed by atoms with Crippen LogP contribution in [-0.2, 0) is 13.0 Å². The van der Waals surface area contributed by atoms with Gasteiger partial charge in [-0.2, -0.15) is 16.4 Å². The summed E-state index contributed by atoms with van der Waals surface area (Å²) in [7, 11) is 4.12. The Labute approximate surface area is 131 Å². The van der Waals surface area contributed by atoms with Crippen molar-refractivity contribution in [3.05, 3.63) is 38.8 Å². The van der Waals surface area contributed by atoms with E-state index in [2.05, 4.69) is 62.3 Å². The lowest BCUT2D eigenvalue weighted by atomic mass is 10.1. The van der Waals surface area contributed by atoms with Crippen molar-refractivity contribution < 1.29 is 0 Å². The van der Waals surface area contributed by atoms with Gasteiger partial charge >= 0.3 is 0 Å². The smallest absolute Gasteiger partial charge is 0.0713 e. The second-order valence-corrected chi connectivity index (χ2v) is 6.59. The van der Waals surface area contributed by atoms with Gasteiger partial charge in [0.25, 0.3) is 0 Å². The fourth-order valence-corrected chi connectivity index (χ4v) is 3.32. The van der Waals surface area contributed by atoms with Crippen molar-refractivity contribution in [2.75, 3.05) is 20.6 Å². The number of hydrogen-bond donors (Lipinski definition) is 2. The van der Waals surface area contributed by atoms with Gasteiger partial charge in [-0.1, -0.05) is 0 Å². The van der Waals surface area contributed by atoms with Crippen molar-refractivity contribution in [2.24, 2.45) is 5.84 Å². The number of nitrogens with one attached hydrogen (secondary N) is 1. The number of rotatable bonds is 7. The highest BCUT2D eigenvalue weighted by Gasteiger charge is 2.19. The van der Waals surface area contributed by atoms with E-state index in [1.165, 1.54) is 5.56 Å². The molecule has 0 aliphatic heterocycles. The molecule has 20 heavy (non-hydrogen) atoms. The van der Waals surface area contributed by atoms with E-state index >= 15 is 0 Å². The summed E-state index contributed by atoms with van der Waals surface area (Å²) in [6, 6.07) is 2.17. The van der Waals surface area contributed by atoms with E-state index in [1.807, 2.05) is 10.9 Å². The zero-order valence-corrected chi connectivity index (χ0v) is 14.1. The lowest BCUT2D eigenvalue weighted by Gasteiger charge is -2.19. The maximum atomic E-state index is 5.76. The van der Waals surface area contributed by atoms with Gasteiger partial charge in [-0.15, -0.1) is 0 Å². The van der Waals surface area contributed by atoms with Gasteiger partial charge in [0, 0.05) is 6.54 Å². The van der Waals surface area contributed by atoms with Gasteiger partial charge in [0.05, 0.1) is 29.0 Å². The fraction of sp³-hybridized carbons (Fsp3) is 0.462. The molecular formula is C13H20BrN5S. The maximum absolute atomic E-state index is 5.76. The summed E-state index contributed by atoms with van der Waals surface area (Å²) < 4.78 is 3.01. The first-order valence-electron chi connectivity index (χ1n) is 6.45. The first-order valence-corrected chi connectivity index (χ1v) is 8.18. The lowest BCUT2D eigenvalue weighted by Crippen LogP contribution is -2.32. The molecule has 7 heteroatoms. The second-order valence-electron chi connectivity index (χ2n) is 4.96. The van der Waals surface area contributed by atoms with Gasteiger partial charge in [-0.3, -0.25) is 16.0 Å². The molecule has 0 bridgehead atoms. The summed E-state index contributed by atoms with van der Waals surface area (Å²) in [6.45, 7) is 1.78. The van der Waals surface area contributed by atoms with Crippen LogP contribution in [0.2, 0.25) is 0 Å². The quantitative estimate of drug-likeness (QED) is 0.587. The molecule has 0 saturated heterocycles. The van der Waals surface area contributed by atoms with Crippen molar-refractivity contribution in [1.29, 1.82) is 0 Å². The third-order valence-electron chi connectivity index (χ3n) is 3.14. The standard InChI is InChI=1S/C13H20BrN5S/c1-18(2)4-5-19-13(11(14)8-16-19)12(17-15)7-10-3-6-20-9-10/h3,6,8-9,12,17H,4-5,7,15H2,1-2H3. The molecule has 2 aromatic rings. The number of thiophene rings is 1. The fourth-order valence-electron chi connectivity index (χ4n) is 2.07. The topological polar surface area (TPSA) is 59.1 Å². The van der Waals surface area contributed by atoms with Crippen LogP contribution in [0.25, 0.3) is 0 Å². The summed E-state index contributed by atoms with van der Waals surface area (Å²) in [5.41, 5.74) is 5.29. The Hall–Kier alpha value is -0.730. The van der Waals surface area contributed by atoms with E-state index in [9.17, 15) is 0 Å². The van der Waals surface area contributed by atoms with Crippen molar-refractivity contribution >= 4 is 27.3 Å². The highest BCUT2D eigenvalue weighted by molar-refractivity contribution is 9.10. The molecule has 1 unspecified atom stereocenters. The van der Waals surface area contributed by atoms with Gasteiger partial charge in [0.15, 0.2) is 0 Å². The van der Waals surface area contributed by atoms with Gasteiger partial charge in [0.2, 0.25) is 0 Å². The molecule has 3 N–H and O–H groups in total. The molecule has 1 atom stereocenters. The number of aromatic nitrogens is 2. The van der Waals surface area contributed by atoms with Crippen LogP contribution in [0.3, 0.4) is 0 Å². The Morgan fingerprint density at radius 3 is 2.95 bits per heavy atom. The first-order chi connectivity index (χ1) is 9.61. The Morgan fingerprint density at radius 1 is 1.55 bits per heavy atom. The van der Waals surface area contributed by atoms with Crippen LogP contribution < -0.4 is 11.3 Å². The van der Waals surface area contributed by atoms with E-state index < -0.39 is 0 Å². The number of hydrazine groups is 1. The Bertz CT molecular complexity index is 523. The number of nitrogens with zero attached hydrogens (tertiary/aromatic N) is 3. The molecule has 0 aliphatic carbocycles. The number of halogens is 1. The van der Waals surface area contributed by atoms with E-state index in [4.69, 9.17) is 5.84 Å². The molecule has 0 aromatic carbocycles. The predicted octanol–water partition coefficient (Wildman–Crippen LogP) is 2.02. The van der Waals surface area contributed by atoms with Crippen LogP contribution in [-0.4, -0.2) is 35.3 Å². The molecule has 0 radical (unpaired) electrons. The molecule has 0 fully saturated rings. The summed E-state index contributed by atoms with van der Waals surface area (Å²) in [5.74, 6) is 5.76. The predicted molar refractivity (Wildman–Crippen MR) is 86.6 cm³/mol. The average Bonchev–Trinajstić information content (AvgIpc) is 3.03. The van der Waals surface area contributed by atoms with Crippen LogP contribution in [0.5, 0.6) is 0 Å². The highest BCUT2D eigenvalue weighted by Crippen LogP contribution is 2.26. The average molecular weight is 358 g/mol. The summed E-state index contributed by atoms with van der Waals surface area (Å²) in [5, 5.41) is 8.67. The molecule has 2 heterocycles. The van der Waals surface area contributed by atoms with Crippen molar-refractivity contribution in [1.82, 2.24) is 20.1 Å². The van der Waals surface area contributed by atoms with E-state index in [1.54, 1.807) is 11.3 Å². The van der Waals surface area contributed by atoms with E-state index in [0.29, 0.717) is 0 Å². The molecule has 0 saturated carbocycles. The second kappa shape index (κ2) is 7.33. The van der Waals surface area contributed by atoms with Crippen molar-refractivity contribution in [3.63, 3.8) is 0 Å². The number of nitrogens with two attached hydrogens (primary N) is 1. The summed E-state index contributed by atoms with van der Waals surface area (Å²) >= 11 is 5.28. The SMILES string of the molecule is CN(C)CCn1ncc(Br)c1C(Cc1ccsc1)NN. The third-order valence-corrected chi connectivity index (χ3v) is 4.49. The van der Waals surface area contributed by atoms with Crippen LogP contribution >= 0.6 is 27.3 Å². The molecule has 2 rings (SSSR count). The minimum atomic E-state index is 0.0450. The first kappa shape index (κ1) is 15.7. The number of likely N-dealkylation sites (N-methyl/N-ethyl adjacent to an activating group) is 1. The zero-order valence-electron chi connectivity index (χ0n) is 11.7. The zero-order chi connectivity index (χ0) is 14.5. The summed E-state index contributed by atoms with van der Waals surface area (Å²) in [4.78, 5) is 2.14. The minimum absolute atomic E-state index is 0.0450. The van der Waals surface area contributed by atoms with Crippen LogP contribution in [0, 0.1) is 0 Å².